The van der Waals surface area contributed by atoms with Gasteiger partial charge in [-0.2, -0.15) is 0 Å². The largest absolute Gasteiger partial charge is 0.481 e. The van der Waals surface area contributed by atoms with Crippen LogP contribution in [0.1, 0.15) is 38.8 Å². The fraction of sp³-hybridized carbons (Fsp3) is 0.615. The van der Waals surface area contributed by atoms with Crippen molar-refractivity contribution >= 4 is 28.5 Å². The van der Waals surface area contributed by atoms with Gasteiger partial charge in [0.2, 0.25) is 0 Å². The fourth-order valence-electron chi connectivity index (χ4n) is 1.64. The number of hydrogen-bond acceptors (Lipinski definition) is 4. The van der Waals surface area contributed by atoms with E-state index in [2.05, 4.69) is 15.6 Å². The van der Waals surface area contributed by atoms with E-state index in [0.29, 0.717) is 18.1 Å². The summed E-state index contributed by atoms with van der Waals surface area (Å²) >= 11 is 1.38. The number of nitrogens with zero attached hydrogens (tertiary/aromatic N) is 1. The zero-order chi connectivity index (χ0) is 15.2. The van der Waals surface area contributed by atoms with E-state index in [-0.39, 0.29) is 17.9 Å². The number of anilines is 1. The molecule has 0 saturated carbocycles. The summed E-state index contributed by atoms with van der Waals surface area (Å²) in [6, 6.07) is -0.284. The molecular formula is C13H21N3O3S. The average molecular weight is 299 g/mol. The molecule has 0 bridgehead atoms. The molecule has 0 aliphatic carbocycles. The van der Waals surface area contributed by atoms with Gasteiger partial charge in [-0.1, -0.05) is 13.8 Å². The molecule has 0 unspecified atom stereocenters. The van der Waals surface area contributed by atoms with Crippen LogP contribution >= 0.6 is 11.3 Å². The van der Waals surface area contributed by atoms with Crippen molar-refractivity contribution in [3.8, 4) is 0 Å². The first-order chi connectivity index (χ1) is 9.28. The van der Waals surface area contributed by atoms with Gasteiger partial charge in [0.1, 0.15) is 0 Å². The molecule has 7 heteroatoms. The van der Waals surface area contributed by atoms with Gasteiger partial charge >= 0.3 is 12.0 Å². The third-order valence-electron chi connectivity index (χ3n) is 2.94. The summed E-state index contributed by atoms with van der Waals surface area (Å²) < 4.78 is 0. The molecule has 0 radical (unpaired) electrons. The van der Waals surface area contributed by atoms with Gasteiger partial charge in [-0.25, -0.2) is 9.78 Å². The second kappa shape index (κ2) is 7.23. The lowest BCUT2D eigenvalue weighted by Gasteiger charge is -2.23. The van der Waals surface area contributed by atoms with Crippen molar-refractivity contribution in [2.75, 3.05) is 11.9 Å². The predicted octanol–water partition coefficient (Wildman–Crippen LogP) is 2.85. The number of urea groups is 1. The van der Waals surface area contributed by atoms with E-state index in [1.807, 2.05) is 26.2 Å². The van der Waals surface area contributed by atoms with Crippen LogP contribution in [0.3, 0.4) is 0 Å². The standard InChI is InChI=1S/C13H21N3O3S/c1-9-8-20-12(15-9)16-11(19)14-7-6-13(2,3)5-4-10(17)18/h8H,4-7H2,1-3H3,(H,17,18)(H2,14,15,16,19). The zero-order valence-corrected chi connectivity index (χ0v) is 12.8. The Labute approximate surface area is 122 Å². The minimum absolute atomic E-state index is 0.108. The van der Waals surface area contributed by atoms with E-state index in [1.165, 1.54) is 11.3 Å². The van der Waals surface area contributed by atoms with Gasteiger partial charge < -0.3 is 10.4 Å². The minimum Gasteiger partial charge on any atom is -0.481 e. The number of carboxylic acid groups (broad SMARTS) is 1. The molecule has 1 aromatic rings. The zero-order valence-electron chi connectivity index (χ0n) is 12.0. The van der Waals surface area contributed by atoms with Gasteiger partial charge in [0, 0.05) is 18.3 Å². The van der Waals surface area contributed by atoms with Crippen LogP contribution in [0.5, 0.6) is 0 Å². The smallest absolute Gasteiger partial charge is 0.321 e. The number of amides is 2. The topological polar surface area (TPSA) is 91.3 Å². The van der Waals surface area contributed by atoms with Crippen LogP contribution in [-0.2, 0) is 4.79 Å². The molecule has 0 aliphatic rings. The van der Waals surface area contributed by atoms with Gasteiger partial charge in [0.05, 0.1) is 5.69 Å². The number of carbonyl (C=O) groups is 2. The Hall–Kier alpha value is -1.63. The highest BCUT2D eigenvalue weighted by Crippen LogP contribution is 2.26. The Morgan fingerprint density at radius 1 is 1.40 bits per heavy atom. The number of hydrogen-bond donors (Lipinski definition) is 3. The normalized spacial score (nSPS) is 11.2. The van der Waals surface area contributed by atoms with Crippen molar-refractivity contribution in [1.29, 1.82) is 0 Å². The lowest BCUT2D eigenvalue weighted by Crippen LogP contribution is -2.32. The van der Waals surface area contributed by atoms with Crippen molar-refractivity contribution in [1.82, 2.24) is 10.3 Å². The van der Waals surface area contributed by atoms with Crippen LogP contribution in [0.25, 0.3) is 0 Å². The lowest BCUT2D eigenvalue weighted by molar-refractivity contribution is -0.137. The Morgan fingerprint density at radius 3 is 2.65 bits per heavy atom. The van der Waals surface area contributed by atoms with Crippen molar-refractivity contribution in [2.24, 2.45) is 5.41 Å². The number of aliphatic carboxylic acids is 1. The van der Waals surface area contributed by atoms with Gasteiger partial charge in [-0.3, -0.25) is 10.1 Å². The van der Waals surface area contributed by atoms with Crippen molar-refractivity contribution < 1.29 is 14.7 Å². The molecular weight excluding hydrogens is 278 g/mol. The molecule has 2 amide bonds. The van der Waals surface area contributed by atoms with Gasteiger partial charge in [0.25, 0.3) is 0 Å². The Morgan fingerprint density at radius 2 is 2.10 bits per heavy atom. The highest BCUT2D eigenvalue weighted by atomic mass is 32.1. The molecule has 0 atom stereocenters. The van der Waals surface area contributed by atoms with Crippen LogP contribution in [0.2, 0.25) is 0 Å². The molecule has 0 spiro atoms. The molecule has 112 valence electrons. The van der Waals surface area contributed by atoms with E-state index in [0.717, 1.165) is 12.1 Å². The quantitative estimate of drug-likeness (QED) is 0.722. The Balaban J connectivity index is 2.25. The molecule has 6 nitrogen and oxygen atoms in total. The molecule has 1 heterocycles. The first kappa shape index (κ1) is 16.4. The van der Waals surface area contributed by atoms with E-state index in [4.69, 9.17) is 5.11 Å². The van der Waals surface area contributed by atoms with E-state index < -0.39 is 5.97 Å². The maximum atomic E-state index is 11.6. The van der Waals surface area contributed by atoms with E-state index >= 15 is 0 Å². The summed E-state index contributed by atoms with van der Waals surface area (Å²) in [5.74, 6) is -0.789. The maximum absolute atomic E-state index is 11.6. The number of carboxylic acids is 1. The first-order valence-electron chi connectivity index (χ1n) is 6.47. The fourth-order valence-corrected chi connectivity index (χ4v) is 2.32. The summed E-state index contributed by atoms with van der Waals surface area (Å²) in [6.45, 7) is 6.37. The number of aromatic nitrogens is 1. The third-order valence-corrected chi connectivity index (χ3v) is 3.82. The average Bonchev–Trinajstić information content (AvgIpc) is 2.72. The van der Waals surface area contributed by atoms with Gasteiger partial charge in [-0.05, 0) is 25.2 Å². The van der Waals surface area contributed by atoms with Crippen LogP contribution in [0.4, 0.5) is 9.93 Å². The molecule has 0 aliphatic heterocycles. The van der Waals surface area contributed by atoms with Gasteiger partial charge in [0.15, 0.2) is 5.13 Å². The van der Waals surface area contributed by atoms with Gasteiger partial charge in [-0.15, -0.1) is 11.3 Å². The Bertz CT molecular complexity index is 471. The van der Waals surface area contributed by atoms with E-state index in [1.54, 1.807) is 0 Å². The first-order valence-corrected chi connectivity index (χ1v) is 7.35. The van der Waals surface area contributed by atoms with E-state index in [9.17, 15) is 9.59 Å². The maximum Gasteiger partial charge on any atom is 0.321 e. The number of aryl methyl sites for hydroxylation is 1. The number of rotatable bonds is 7. The van der Waals surface area contributed by atoms with Crippen molar-refractivity contribution in [2.45, 2.75) is 40.0 Å². The second-order valence-corrected chi connectivity index (χ2v) is 6.34. The molecule has 3 N–H and O–H groups in total. The van der Waals surface area contributed by atoms with Crippen LogP contribution in [-0.4, -0.2) is 28.6 Å². The molecule has 0 aromatic carbocycles. The number of carbonyl (C=O) groups excluding carboxylic acids is 1. The summed E-state index contributed by atoms with van der Waals surface area (Å²) in [7, 11) is 0. The molecule has 0 saturated heterocycles. The summed E-state index contributed by atoms with van der Waals surface area (Å²) in [5, 5.41) is 16.5. The summed E-state index contributed by atoms with van der Waals surface area (Å²) in [6.07, 6.45) is 1.47. The predicted molar refractivity (Wildman–Crippen MR) is 79.1 cm³/mol. The molecule has 1 rings (SSSR count). The summed E-state index contributed by atoms with van der Waals surface area (Å²) in [5.41, 5.74) is 0.767. The minimum atomic E-state index is -0.789. The lowest BCUT2D eigenvalue weighted by atomic mass is 9.84. The number of nitrogens with one attached hydrogen (secondary N) is 2. The Kier molecular flexibility index (Phi) is 5.94. The summed E-state index contributed by atoms with van der Waals surface area (Å²) in [4.78, 5) is 26.3. The molecule has 20 heavy (non-hydrogen) atoms. The SMILES string of the molecule is Cc1csc(NC(=O)NCCC(C)(C)CCC(=O)O)n1. The van der Waals surface area contributed by atoms with Crippen LogP contribution < -0.4 is 10.6 Å². The van der Waals surface area contributed by atoms with Crippen LogP contribution in [0, 0.1) is 12.3 Å². The highest BCUT2D eigenvalue weighted by molar-refractivity contribution is 7.13. The second-order valence-electron chi connectivity index (χ2n) is 5.48. The van der Waals surface area contributed by atoms with Crippen molar-refractivity contribution in [3.05, 3.63) is 11.1 Å². The third kappa shape index (κ3) is 6.51. The molecule has 0 fully saturated rings. The highest BCUT2D eigenvalue weighted by Gasteiger charge is 2.19. The monoisotopic (exact) mass is 299 g/mol. The molecule has 1 aromatic heterocycles. The van der Waals surface area contributed by atoms with Crippen molar-refractivity contribution in [3.63, 3.8) is 0 Å². The number of thiazole rings is 1. The van der Waals surface area contributed by atoms with Crippen LogP contribution in [0.15, 0.2) is 5.38 Å².